The highest BCUT2D eigenvalue weighted by molar-refractivity contribution is 7.10. The van der Waals surface area contributed by atoms with E-state index in [1.165, 1.54) is 18.5 Å². The molecule has 7 heteroatoms. The van der Waals surface area contributed by atoms with Gasteiger partial charge in [0.25, 0.3) is 5.91 Å². The molecular formula is C8H5ClN4OS. The number of aromatic nitrogens is 3. The quantitative estimate of drug-likeness (QED) is 0.814. The van der Waals surface area contributed by atoms with Gasteiger partial charge in [0.2, 0.25) is 0 Å². The maximum Gasteiger partial charge on any atom is 0.256 e. The highest BCUT2D eigenvalue weighted by Crippen LogP contribution is 2.13. The second kappa shape index (κ2) is 4.33. The SMILES string of the molecule is O=C(Nc1cnns1)c1ccnc(Cl)c1. The lowest BCUT2D eigenvalue weighted by atomic mass is 10.2. The van der Waals surface area contributed by atoms with Crippen LogP contribution in [0.3, 0.4) is 0 Å². The van der Waals surface area contributed by atoms with Crippen molar-refractivity contribution in [1.29, 1.82) is 0 Å². The van der Waals surface area contributed by atoms with Crippen LogP contribution in [0.25, 0.3) is 0 Å². The first-order valence-electron chi connectivity index (χ1n) is 3.96. The van der Waals surface area contributed by atoms with E-state index in [1.807, 2.05) is 0 Å². The van der Waals surface area contributed by atoms with Gasteiger partial charge >= 0.3 is 0 Å². The van der Waals surface area contributed by atoms with Crippen LogP contribution in [0.15, 0.2) is 24.5 Å². The Morgan fingerprint density at radius 3 is 3.07 bits per heavy atom. The van der Waals surface area contributed by atoms with Crippen molar-refractivity contribution in [3.05, 3.63) is 35.2 Å². The summed E-state index contributed by atoms with van der Waals surface area (Å²) in [6.07, 6.45) is 2.95. The van der Waals surface area contributed by atoms with Crippen LogP contribution in [-0.2, 0) is 0 Å². The monoisotopic (exact) mass is 240 g/mol. The Morgan fingerprint density at radius 2 is 2.40 bits per heavy atom. The highest BCUT2D eigenvalue weighted by atomic mass is 35.5. The van der Waals surface area contributed by atoms with E-state index in [9.17, 15) is 4.79 Å². The molecule has 15 heavy (non-hydrogen) atoms. The van der Waals surface area contributed by atoms with Gasteiger partial charge in [-0.3, -0.25) is 4.79 Å². The van der Waals surface area contributed by atoms with Crippen molar-refractivity contribution in [3.8, 4) is 0 Å². The van der Waals surface area contributed by atoms with Crippen LogP contribution in [0.2, 0.25) is 5.15 Å². The molecule has 0 aliphatic carbocycles. The summed E-state index contributed by atoms with van der Waals surface area (Å²) in [7, 11) is 0. The molecule has 0 unspecified atom stereocenters. The van der Waals surface area contributed by atoms with Gasteiger partial charge in [0.15, 0.2) is 0 Å². The summed E-state index contributed by atoms with van der Waals surface area (Å²) in [5.41, 5.74) is 0.448. The van der Waals surface area contributed by atoms with E-state index in [1.54, 1.807) is 6.07 Å². The Morgan fingerprint density at radius 1 is 1.53 bits per heavy atom. The van der Waals surface area contributed by atoms with Crippen LogP contribution < -0.4 is 5.32 Å². The number of carbonyl (C=O) groups excluding carboxylic acids is 1. The third kappa shape index (κ3) is 2.48. The number of amides is 1. The van der Waals surface area contributed by atoms with Gasteiger partial charge in [-0.05, 0) is 12.1 Å². The lowest BCUT2D eigenvalue weighted by Crippen LogP contribution is -2.10. The summed E-state index contributed by atoms with van der Waals surface area (Å²) in [4.78, 5) is 15.4. The molecule has 1 amide bonds. The smallest absolute Gasteiger partial charge is 0.256 e. The van der Waals surface area contributed by atoms with Gasteiger partial charge in [-0.25, -0.2) is 4.98 Å². The molecule has 0 aliphatic heterocycles. The van der Waals surface area contributed by atoms with E-state index in [2.05, 4.69) is 19.9 Å². The summed E-state index contributed by atoms with van der Waals surface area (Å²) in [6.45, 7) is 0. The number of rotatable bonds is 2. The van der Waals surface area contributed by atoms with Gasteiger partial charge in [0, 0.05) is 23.3 Å². The Hall–Kier alpha value is -1.53. The van der Waals surface area contributed by atoms with Crippen LogP contribution in [-0.4, -0.2) is 20.5 Å². The number of hydrogen-bond donors (Lipinski definition) is 1. The number of hydrogen-bond acceptors (Lipinski definition) is 5. The van der Waals surface area contributed by atoms with E-state index in [4.69, 9.17) is 11.6 Å². The summed E-state index contributed by atoms with van der Waals surface area (Å²) < 4.78 is 3.62. The average Bonchev–Trinajstić information content (AvgIpc) is 2.70. The molecule has 0 aliphatic rings. The second-order valence-electron chi connectivity index (χ2n) is 2.60. The lowest BCUT2D eigenvalue weighted by Gasteiger charge is -2.00. The van der Waals surface area contributed by atoms with E-state index >= 15 is 0 Å². The van der Waals surface area contributed by atoms with Crippen molar-refractivity contribution in [1.82, 2.24) is 14.6 Å². The Bertz CT molecular complexity index is 473. The predicted octanol–water partition coefficient (Wildman–Crippen LogP) is 1.84. The zero-order valence-electron chi connectivity index (χ0n) is 7.35. The van der Waals surface area contributed by atoms with Crippen LogP contribution >= 0.6 is 23.1 Å². The summed E-state index contributed by atoms with van der Waals surface area (Å²) in [5, 5.41) is 7.11. The van der Waals surface area contributed by atoms with E-state index in [0.29, 0.717) is 10.6 Å². The molecule has 0 bridgehead atoms. The molecular weight excluding hydrogens is 236 g/mol. The van der Waals surface area contributed by atoms with Crippen molar-refractivity contribution in [2.45, 2.75) is 0 Å². The largest absolute Gasteiger partial charge is 0.311 e. The van der Waals surface area contributed by atoms with Crippen molar-refractivity contribution in [2.75, 3.05) is 5.32 Å². The van der Waals surface area contributed by atoms with Crippen LogP contribution in [0, 0.1) is 0 Å². The lowest BCUT2D eigenvalue weighted by molar-refractivity contribution is 0.102. The minimum Gasteiger partial charge on any atom is -0.311 e. The minimum atomic E-state index is -0.259. The predicted molar refractivity (Wildman–Crippen MR) is 57.1 cm³/mol. The van der Waals surface area contributed by atoms with Gasteiger partial charge in [-0.2, -0.15) is 0 Å². The fraction of sp³-hybridized carbons (Fsp3) is 0. The standard InChI is InChI=1S/C8H5ClN4OS/c9-6-3-5(1-2-10-6)8(14)12-7-4-11-13-15-7/h1-4H,(H,12,14). The van der Waals surface area contributed by atoms with Crippen molar-refractivity contribution < 1.29 is 4.79 Å². The number of halogens is 1. The van der Waals surface area contributed by atoms with E-state index in [-0.39, 0.29) is 11.1 Å². The number of carbonyl (C=O) groups is 1. The first kappa shape index (κ1) is 10.0. The molecule has 2 aromatic rings. The topological polar surface area (TPSA) is 67.8 Å². The summed E-state index contributed by atoms with van der Waals surface area (Å²) in [6, 6.07) is 3.07. The van der Waals surface area contributed by atoms with Gasteiger partial charge in [0.05, 0.1) is 6.20 Å². The molecule has 0 fully saturated rings. The second-order valence-corrected chi connectivity index (χ2v) is 3.78. The normalized spacial score (nSPS) is 9.93. The maximum absolute atomic E-state index is 11.6. The number of anilines is 1. The number of pyridine rings is 1. The average molecular weight is 241 g/mol. The molecule has 0 saturated carbocycles. The maximum atomic E-state index is 11.6. The summed E-state index contributed by atoms with van der Waals surface area (Å²) in [5.74, 6) is -0.259. The van der Waals surface area contributed by atoms with Gasteiger partial charge < -0.3 is 5.32 Å². The summed E-state index contributed by atoms with van der Waals surface area (Å²) >= 11 is 6.77. The van der Waals surface area contributed by atoms with Gasteiger partial charge in [-0.15, -0.1) is 5.10 Å². The van der Waals surface area contributed by atoms with E-state index in [0.717, 1.165) is 11.5 Å². The third-order valence-electron chi connectivity index (χ3n) is 1.59. The molecule has 2 rings (SSSR count). The third-order valence-corrected chi connectivity index (χ3v) is 2.37. The first-order valence-corrected chi connectivity index (χ1v) is 5.11. The zero-order valence-corrected chi connectivity index (χ0v) is 8.92. The minimum absolute atomic E-state index is 0.259. The zero-order chi connectivity index (χ0) is 10.7. The fourth-order valence-electron chi connectivity index (χ4n) is 0.950. The number of nitrogens with one attached hydrogen (secondary N) is 1. The van der Waals surface area contributed by atoms with Gasteiger partial charge in [-0.1, -0.05) is 16.1 Å². The van der Waals surface area contributed by atoms with Crippen molar-refractivity contribution >= 4 is 34.0 Å². The van der Waals surface area contributed by atoms with E-state index < -0.39 is 0 Å². The molecule has 0 saturated heterocycles. The van der Waals surface area contributed by atoms with Crippen LogP contribution in [0.5, 0.6) is 0 Å². The number of nitrogens with zero attached hydrogens (tertiary/aromatic N) is 3. The fourth-order valence-corrected chi connectivity index (χ4v) is 1.54. The molecule has 0 radical (unpaired) electrons. The Labute approximate surface area is 94.3 Å². The molecule has 0 spiro atoms. The molecule has 2 aromatic heterocycles. The molecule has 1 N–H and O–H groups in total. The van der Waals surface area contributed by atoms with Crippen molar-refractivity contribution in [2.24, 2.45) is 0 Å². The van der Waals surface area contributed by atoms with Crippen LogP contribution in [0.1, 0.15) is 10.4 Å². The molecule has 76 valence electrons. The molecule has 0 atom stereocenters. The molecule has 2 heterocycles. The first-order chi connectivity index (χ1) is 7.25. The Kier molecular flexibility index (Phi) is 2.89. The van der Waals surface area contributed by atoms with Crippen LogP contribution in [0.4, 0.5) is 5.00 Å². The highest BCUT2D eigenvalue weighted by Gasteiger charge is 2.07. The Balaban J connectivity index is 2.15. The van der Waals surface area contributed by atoms with Gasteiger partial charge in [0.1, 0.15) is 10.2 Å². The van der Waals surface area contributed by atoms with Crippen molar-refractivity contribution in [3.63, 3.8) is 0 Å². The molecule has 0 aromatic carbocycles. The molecule has 5 nitrogen and oxygen atoms in total.